The van der Waals surface area contributed by atoms with Gasteiger partial charge in [0.05, 0.1) is 4.92 Å². The molecule has 1 aliphatic carbocycles. The van der Waals surface area contributed by atoms with Gasteiger partial charge in [-0.2, -0.15) is 0 Å². The molecular weight excluding hydrogens is 192 g/mol. The number of nitrogens with zero attached hydrogens (tertiary/aromatic N) is 1. The van der Waals surface area contributed by atoms with E-state index in [0.717, 1.165) is 12.1 Å². The summed E-state index contributed by atoms with van der Waals surface area (Å²) in [5, 5.41) is 14.1. The molecule has 78 valence electrons. The molecule has 0 atom stereocenters. The van der Waals surface area contributed by atoms with E-state index < -0.39 is 0 Å². The molecule has 0 unspecified atom stereocenters. The summed E-state index contributed by atoms with van der Waals surface area (Å²) >= 11 is 0. The maximum absolute atomic E-state index is 10.6. The van der Waals surface area contributed by atoms with Crippen LogP contribution in [0.3, 0.4) is 0 Å². The average molecular weight is 204 g/mol. The fourth-order valence-corrected chi connectivity index (χ4v) is 2.55. The largest absolute Gasteiger partial charge is 0.310 e. The Morgan fingerprint density at radius 2 is 2.20 bits per heavy atom. The predicted molar refractivity (Wildman–Crippen MR) is 55.7 cm³/mol. The highest BCUT2D eigenvalue weighted by Crippen LogP contribution is 2.41. The number of hydrogen-bond donors (Lipinski definition) is 1. The first-order valence-electron chi connectivity index (χ1n) is 5.24. The lowest BCUT2D eigenvalue weighted by Crippen LogP contribution is -2.36. The molecule has 2 heterocycles. The first-order valence-corrected chi connectivity index (χ1v) is 5.24. The van der Waals surface area contributed by atoms with Crippen molar-refractivity contribution >= 4 is 5.69 Å². The molecule has 1 aromatic carbocycles. The number of benzene rings is 1. The van der Waals surface area contributed by atoms with Crippen LogP contribution in [0.25, 0.3) is 0 Å². The molecule has 15 heavy (non-hydrogen) atoms. The van der Waals surface area contributed by atoms with Crippen LogP contribution in [0.2, 0.25) is 0 Å². The molecule has 1 saturated carbocycles. The van der Waals surface area contributed by atoms with E-state index in [0.29, 0.717) is 12.0 Å². The molecule has 2 aliphatic heterocycles. The molecule has 4 rings (SSSR count). The van der Waals surface area contributed by atoms with Crippen LogP contribution in [0.1, 0.15) is 29.9 Å². The van der Waals surface area contributed by atoms with Crippen molar-refractivity contribution in [2.24, 2.45) is 0 Å². The van der Waals surface area contributed by atoms with Gasteiger partial charge in [0, 0.05) is 24.7 Å². The predicted octanol–water partition coefficient (Wildman–Crippen LogP) is 1.94. The average Bonchev–Trinajstić information content (AvgIpc) is 2.43. The van der Waals surface area contributed by atoms with Crippen molar-refractivity contribution in [2.45, 2.75) is 31.3 Å². The molecule has 0 spiro atoms. The maximum atomic E-state index is 10.6. The van der Waals surface area contributed by atoms with Gasteiger partial charge in [0.2, 0.25) is 0 Å². The van der Waals surface area contributed by atoms with Crippen LogP contribution in [-0.2, 0) is 6.54 Å². The van der Waals surface area contributed by atoms with Gasteiger partial charge in [0.1, 0.15) is 0 Å². The zero-order valence-corrected chi connectivity index (χ0v) is 8.27. The van der Waals surface area contributed by atoms with Crippen LogP contribution >= 0.6 is 0 Å². The van der Waals surface area contributed by atoms with E-state index in [1.807, 2.05) is 6.07 Å². The van der Waals surface area contributed by atoms with Crippen LogP contribution in [0.15, 0.2) is 18.2 Å². The van der Waals surface area contributed by atoms with E-state index in [1.165, 1.54) is 18.4 Å². The lowest BCUT2D eigenvalue weighted by molar-refractivity contribution is -0.384. The number of fused-ring (bicyclic) bond motifs is 1. The highest BCUT2D eigenvalue weighted by Gasteiger charge is 2.34. The molecule has 1 N–H and O–H groups in total. The quantitative estimate of drug-likeness (QED) is 0.561. The van der Waals surface area contributed by atoms with Gasteiger partial charge < -0.3 is 5.32 Å². The van der Waals surface area contributed by atoms with E-state index in [9.17, 15) is 10.1 Å². The second-order valence-corrected chi connectivity index (χ2v) is 4.39. The zero-order chi connectivity index (χ0) is 10.4. The SMILES string of the molecule is O=[N+]([O-])c1ccc2c(c1)CNC1CC2C1. The van der Waals surface area contributed by atoms with Gasteiger partial charge in [0.15, 0.2) is 0 Å². The normalized spacial score (nSPS) is 27.5. The van der Waals surface area contributed by atoms with Crippen molar-refractivity contribution in [1.29, 1.82) is 0 Å². The Balaban J connectivity index is 2.04. The van der Waals surface area contributed by atoms with Crippen molar-refractivity contribution in [3.8, 4) is 0 Å². The molecule has 2 bridgehead atoms. The second-order valence-electron chi connectivity index (χ2n) is 4.39. The van der Waals surface area contributed by atoms with Gasteiger partial charge in [-0.3, -0.25) is 10.1 Å². The summed E-state index contributed by atoms with van der Waals surface area (Å²) in [7, 11) is 0. The topological polar surface area (TPSA) is 55.2 Å². The minimum Gasteiger partial charge on any atom is -0.310 e. The third kappa shape index (κ3) is 1.33. The zero-order valence-electron chi connectivity index (χ0n) is 8.27. The summed E-state index contributed by atoms with van der Waals surface area (Å²) in [6.07, 6.45) is 2.37. The molecule has 0 aromatic heterocycles. The highest BCUT2D eigenvalue weighted by atomic mass is 16.6. The minimum atomic E-state index is -0.324. The van der Waals surface area contributed by atoms with E-state index >= 15 is 0 Å². The van der Waals surface area contributed by atoms with Gasteiger partial charge in [-0.15, -0.1) is 0 Å². The summed E-state index contributed by atoms with van der Waals surface area (Å²) in [5.41, 5.74) is 2.62. The van der Waals surface area contributed by atoms with Crippen molar-refractivity contribution in [3.63, 3.8) is 0 Å². The first-order chi connectivity index (χ1) is 7.24. The van der Waals surface area contributed by atoms with E-state index in [4.69, 9.17) is 0 Å². The molecule has 0 saturated heterocycles. The third-order valence-electron chi connectivity index (χ3n) is 3.50. The summed E-state index contributed by atoms with van der Waals surface area (Å²) in [4.78, 5) is 10.3. The molecule has 0 amide bonds. The Hall–Kier alpha value is -1.42. The first kappa shape index (κ1) is 8.85. The van der Waals surface area contributed by atoms with Crippen LogP contribution in [0, 0.1) is 10.1 Å². The van der Waals surface area contributed by atoms with Crippen molar-refractivity contribution in [3.05, 3.63) is 39.4 Å². The van der Waals surface area contributed by atoms with Gasteiger partial charge >= 0.3 is 0 Å². The van der Waals surface area contributed by atoms with Gasteiger partial charge in [-0.25, -0.2) is 0 Å². The second kappa shape index (κ2) is 3.03. The smallest absolute Gasteiger partial charge is 0.269 e. The molecular formula is C11H12N2O2. The Kier molecular flexibility index (Phi) is 1.79. The fourth-order valence-electron chi connectivity index (χ4n) is 2.55. The van der Waals surface area contributed by atoms with Gasteiger partial charge in [0.25, 0.3) is 5.69 Å². The highest BCUT2D eigenvalue weighted by molar-refractivity contribution is 5.43. The lowest BCUT2D eigenvalue weighted by Gasteiger charge is -2.33. The number of hydrogen-bond acceptors (Lipinski definition) is 3. The summed E-state index contributed by atoms with van der Waals surface area (Å²) in [6, 6.07) is 5.89. The van der Waals surface area contributed by atoms with Crippen LogP contribution in [0.4, 0.5) is 5.69 Å². The molecule has 4 nitrogen and oxygen atoms in total. The summed E-state index contributed by atoms with van der Waals surface area (Å²) < 4.78 is 0. The number of rotatable bonds is 1. The molecule has 1 aromatic rings. The summed E-state index contributed by atoms with van der Waals surface area (Å²) in [6.45, 7) is 0.776. The van der Waals surface area contributed by atoms with Crippen LogP contribution in [-0.4, -0.2) is 11.0 Å². The lowest BCUT2D eigenvalue weighted by atomic mass is 9.76. The van der Waals surface area contributed by atoms with E-state index in [2.05, 4.69) is 5.32 Å². The van der Waals surface area contributed by atoms with Crippen LogP contribution in [0.5, 0.6) is 0 Å². The molecule has 0 radical (unpaired) electrons. The van der Waals surface area contributed by atoms with Crippen molar-refractivity contribution in [1.82, 2.24) is 5.32 Å². The Morgan fingerprint density at radius 1 is 1.40 bits per heavy atom. The summed E-state index contributed by atoms with van der Waals surface area (Å²) in [5.74, 6) is 0.626. The van der Waals surface area contributed by atoms with Gasteiger partial charge in [-0.05, 0) is 29.9 Å². The Bertz CT molecular complexity index is 425. The van der Waals surface area contributed by atoms with Crippen molar-refractivity contribution < 1.29 is 4.92 Å². The number of nitro benzene ring substituents is 1. The fraction of sp³-hybridized carbons (Fsp3) is 0.455. The van der Waals surface area contributed by atoms with Crippen LogP contribution < -0.4 is 5.32 Å². The van der Waals surface area contributed by atoms with E-state index in [1.54, 1.807) is 12.1 Å². The number of non-ortho nitro benzene ring substituents is 1. The Morgan fingerprint density at radius 3 is 2.93 bits per heavy atom. The number of nitrogens with one attached hydrogen (secondary N) is 1. The molecule has 1 fully saturated rings. The van der Waals surface area contributed by atoms with Crippen molar-refractivity contribution in [2.75, 3.05) is 0 Å². The standard InChI is InChI=1S/C11H12N2O2/c14-13(15)10-1-2-11-7-3-9(4-7)12-6-8(11)5-10/h1-2,5,7,9,12H,3-4,6H2. The third-order valence-corrected chi connectivity index (χ3v) is 3.50. The maximum Gasteiger partial charge on any atom is 0.269 e. The minimum absolute atomic E-state index is 0.203. The Labute approximate surface area is 87.4 Å². The number of nitro groups is 1. The monoisotopic (exact) mass is 204 g/mol. The molecule has 3 aliphatic rings. The molecule has 4 heteroatoms. The van der Waals surface area contributed by atoms with Gasteiger partial charge in [-0.1, -0.05) is 6.07 Å². The van der Waals surface area contributed by atoms with E-state index in [-0.39, 0.29) is 10.6 Å².